The Bertz CT molecular complexity index is 1400. The first-order valence-electron chi connectivity index (χ1n) is 12.2. The Kier molecular flexibility index (Phi) is 6.33. The second-order valence-corrected chi connectivity index (χ2v) is 9.58. The summed E-state index contributed by atoms with van der Waals surface area (Å²) >= 11 is 6.04. The van der Waals surface area contributed by atoms with Crippen molar-refractivity contribution >= 4 is 23.3 Å². The van der Waals surface area contributed by atoms with Gasteiger partial charge in [-0.1, -0.05) is 17.7 Å². The third kappa shape index (κ3) is 3.93. The van der Waals surface area contributed by atoms with Crippen molar-refractivity contribution in [2.45, 2.75) is 25.2 Å². The number of benzene rings is 3. The van der Waals surface area contributed by atoms with E-state index in [9.17, 15) is 4.79 Å². The molecule has 0 saturated heterocycles. The van der Waals surface area contributed by atoms with Crippen LogP contribution in [0.3, 0.4) is 0 Å². The summed E-state index contributed by atoms with van der Waals surface area (Å²) in [6, 6.07) is 12.0. The Labute approximate surface area is 225 Å². The molecule has 0 aromatic heterocycles. The molecule has 0 bridgehead atoms. The van der Waals surface area contributed by atoms with E-state index in [0.29, 0.717) is 59.0 Å². The molecule has 3 aliphatic heterocycles. The first kappa shape index (κ1) is 24.5. The maximum atomic E-state index is 13.8. The second kappa shape index (κ2) is 9.81. The molecule has 0 unspecified atom stereocenters. The Morgan fingerprint density at radius 3 is 2.55 bits per heavy atom. The number of hydrogen-bond acceptors (Lipinski definition) is 7. The Morgan fingerprint density at radius 2 is 1.82 bits per heavy atom. The number of carbonyl (C=O) groups is 1. The Hall–Kier alpha value is -3.82. The summed E-state index contributed by atoms with van der Waals surface area (Å²) in [4.78, 5) is 15.6. The molecule has 38 heavy (non-hydrogen) atoms. The number of fused-ring (bicyclic) bond motifs is 3. The van der Waals surface area contributed by atoms with Crippen molar-refractivity contribution in [2.75, 3.05) is 40.0 Å². The maximum Gasteiger partial charge on any atom is 0.322 e. The van der Waals surface area contributed by atoms with E-state index in [0.717, 1.165) is 22.3 Å². The lowest BCUT2D eigenvalue weighted by Crippen LogP contribution is -2.45. The molecule has 3 aliphatic rings. The highest BCUT2D eigenvalue weighted by molar-refractivity contribution is 6.30. The smallest absolute Gasteiger partial charge is 0.322 e. The van der Waals surface area contributed by atoms with Crippen molar-refractivity contribution in [1.82, 2.24) is 4.90 Å². The lowest BCUT2D eigenvalue weighted by atomic mass is 9.85. The minimum Gasteiger partial charge on any atom is -0.493 e. The standard InChI is InChI=1S/C28H27ClN2O7/c1-33-20-9-8-18-19(24(20)34-2)13-36-25(18)23-22-15(12-21-26(27(22)35-3)38-14-37-21)10-11-31(23)28(32)30-17-6-4-16(29)5-7-17/h4-9,12,23,25H,10-11,13-14H2,1-3H3,(H,30,32)/t23-,25+/m1/s1. The van der Waals surface area contributed by atoms with Crippen LogP contribution in [0.2, 0.25) is 5.02 Å². The summed E-state index contributed by atoms with van der Waals surface area (Å²) in [6.45, 7) is 0.883. The number of rotatable bonds is 5. The van der Waals surface area contributed by atoms with Crippen molar-refractivity contribution in [1.29, 1.82) is 0 Å². The lowest BCUT2D eigenvalue weighted by Gasteiger charge is -2.41. The third-order valence-electron chi connectivity index (χ3n) is 7.24. The number of anilines is 1. The third-order valence-corrected chi connectivity index (χ3v) is 7.49. The molecule has 10 heteroatoms. The topological polar surface area (TPSA) is 87.7 Å². The fourth-order valence-electron chi connectivity index (χ4n) is 5.56. The van der Waals surface area contributed by atoms with Gasteiger partial charge in [-0.05, 0) is 53.9 Å². The van der Waals surface area contributed by atoms with Crippen LogP contribution >= 0.6 is 11.6 Å². The van der Waals surface area contributed by atoms with E-state index in [1.54, 1.807) is 50.5 Å². The van der Waals surface area contributed by atoms with E-state index in [1.165, 1.54) is 0 Å². The van der Waals surface area contributed by atoms with Gasteiger partial charge in [0.2, 0.25) is 12.5 Å². The zero-order valence-electron chi connectivity index (χ0n) is 21.2. The molecule has 0 fully saturated rings. The van der Waals surface area contributed by atoms with Gasteiger partial charge in [0, 0.05) is 28.4 Å². The van der Waals surface area contributed by atoms with E-state index >= 15 is 0 Å². The van der Waals surface area contributed by atoms with Gasteiger partial charge in [0.05, 0.1) is 34.0 Å². The number of hydrogen-bond donors (Lipinski definition) is 1. The maximum absolute atomic E-state index is 13.8. The molecule has 0 spiro atoms. The summed E-state index contributed by atoms with van der Waals surface area (Å²) in [6.07, 6.45) is 0.118. The average molecular weight is 539 g/mol. The molecule has 1 N–H and O–H groups in total. The van der Waals surface area contributed by atoms with Gasteiger partial charge in [-0.2, -0.15) is 0 Å². The molecular weight excluding hydrogens is 512 g/mol. The predicted molar refractivity (Wildman–Crippen MR) is 140 cm³/mol. The van der Waals surface area contributed by atoms with E-state index in [4.69, 9.17) is 40.0 Å². The van der Waals surface area contributed by atoms with E-state index in [-0.39, 0.29) is 12.8 Å². The number of carbonyl (C=O) groups excluding carboxylic acids is 1. The van der Waals surface area contributed by atoms with Crippen molar-refractivity contribution in [3.05, 3.63) is 69.7 Å². The first-order valence-corrected chi connectivity index (χ1v) is 12.6. The molecule has 198 valence electrons. The van der Waals surface area contributed by atoms with Gasteiger partial charge in [0.1, 0.15) is 6.10 Å². The molecule has 2 amide bonds. The Morgan fingerprint density at radius 1 is 1.03 bits per heavy atom. The van der Waals surface area contributed by atoms with Gasteiger partial charge >= 0.3 is 6.03 Å². The van der Waals surface area contributed by atoms with Crippen LogP contribution in [0.5, 0.6) is 28.7 Å². The monoisotopic (exact) mass is 538 g/mol. The largest absolute Gasteiger partial charge is 0.493 e. The highest BCUT2D eigenvalue weighted by Gasteiger charge is 2.45. The zero-order valence-corrected chi connectivity index (χ0v) is 22.0. The van der Waals surface area contributed by atoms with Crippen LogP contribution < -0.4 is 29.0 Å². The summed E-state index contributed by atoms with van der Waals surface area (Å²) < 4.78 is 35.0. The molecule has 3 aromatic rings. The van der Waals surface area contributed by atoms with Crippen molar-refractivity contribution < 1.29 is 33.2 Å². The van der Waals surface area contributed by atoms with Crippen LogP contribution in [-0.4, -0.2) is 45.6 Å². The number of ether oxygens (including phenoxy) is 6. The fraction of sp³-hybridized carbons (Fsp3) is 0.321. The van der Waals surface area contributed by atoms with Crippen LogP contribution in [0.25, 0.3) is 0 Å². The molecule has 9 nitrogen and oxygen atoms in total. The number of urea groups is 1. The molecule has 0 aliphatic carbocycles. The quantitative estimate of drug-likeness (QED) is 0.459. The van der Waals surface area contributed by atoms with Crippen LogP contribution in [0.15, 0.2) is 42.5 Å². The van der Waals surface area contributed by atoms with Crippen LogP contribution in [0.4, 0.5) is 10.5 Å². The summed E-state index contributed by atoms with van der Waals surface area (Å²) in [5, 5.41) is 3.60. The van der Waals surface area contributed by atoms with E-state index in [1.807, 2.05) is 18.2 Å². The number of amides is 2. The predicted octanol–water partition coefficient (Wildman–Crippen LogP) is 5.50. The van der Waals surface area contributed by atoms with Gasteiger partial charge in [0.25, 0.3) is 0 Å². The molecule has 6 rings (SSSR count). The first-order chi connectivity index (χ1) is 18.5. The minimum atomic E-state index is -0.519. The van der Waals surface area contributed by atoms with Crippen molar-refractivity contribution in [3.8, 4) is 28.7 Å². The molecule has 3 aromatic carbocycles. The van der Waals surface area contributed by atoms with Gasteiger partial charge in [0.15, 0.2) is 23.0 Å². The molecule has 0 saturated carbocycles. The SMILES string of the molecule is COc1ccc2c(c1OC)CO[C@@H]2[C@H]1c2c(cc3c(c2OC)OCO3)CCN1C(=O)Nc1ccc(Cl)cc1. The van der Waals surface area contributed by atoms with Gasteiger partial charge in [-0.25, -0.2) is 4.79 Å². The average Bonchev–Trinajstić information content (AvgIpc) is 3.58. The van der Waals surface area contributed by atoms with Crippen molar-refractivity contribution in [2.24, 2.45) is 0 Å². The molecule has 0 radical (unpaired) electrons. The lowest BCUT2D eigenvalue weighted by molar-refractivity contribution is 0.00158. The minimum absolute atomic E-state index is 0.111. The number of nitrogens with zero attached hydrogens (tertiary/aromatic N) is 1. The van der Waals surface area contributed by atoms with Gasteiger partial charge < -0.3 is 38.6 Å². The Balaban J connectivity index is 1.47. The normalized spacial score (nSPS) is 19.0. The second-order valence-electron chi connectivity index (χ2n) is 9.14. The zero-order chi connectivity index (χ0) is 26.4. The summed E-state index contributed by atoms with van der Waals surface area (Å²) in [5.41, 5.74) is 4.30. The summed E-state index contributed by atoms with van der Waals surface area (Å²) in [5.74, 6) is 2.96. The van der Waals surface area contributed by atoms with Crippen molar-refractivity contribution in [3.63, 3.8) is 0 Å². The highest BCUT2D eigenvalue weighted by Crippen LogP contribution is 2.55. The van der Waals surface area contributed by atoms with Crippen LogP contribution in [0, 0.1) is 0 Å². The highest BCUT2D eigenvalue weighted by atomic mass is 35.5. The van der Waals surface area contributed by atoms with E-state index < -0.39 is 12.1 Å². The number of halogens is 1. The fourth-order valence-corrected chi connectivity index (χ4v) is 5.69. The molecule has 3 heterocycles. The van der Waals surface area contributed by atoms with Gasteiger partial charge in [-0.15, -0.1) is 0 Å². The van der Waals surface area contributed by atoms with E-state index in [2.05, 4.69) is 5.32 Å². The number of methoxy groups -OCH3 is 3. The van der Waals surface area contributed by atoms with Crippen LogP contribution in [0.1, 0.15) is 34.4 Å². The molecule has 2 atom stereocenters. The summed E-state index contributed by atoms with van der Waals surface area (Å²) in [7, 11) is 4.81. The van der Waals surface area contributed by atoms with Gasteiger partial charge in [-0.3, -0.25) is 0 Å². The molecular formula is C28H27ClN2O7. The van der Waals surface area contributed by atoms with Crippen LogP contribution in [-0.2, 0) is 17.8 Å². The number of nitrogens with one attached hydrogen (secondary N) is 1.